The van der Waals surface area contributed by atoms with Crippen LogP contribution in [0.15, 0.2) is 22.6 Å². The zero-order valence-electron chi connectivity index (χ0n) is 16.2. The van der Waals surface area contributed by atoms with Gasteiger partial charge >= 0.3 is 0 Å². The van der Waals surface area contributed by atoms with Gasteiger partial charge in [0.05, 0.1) is 14.2 Å². The molecule has 6 heteroatoms. The van der Waals surface area contributed by atoms with Gasteiger partial charge in [-0.1, -0.05) is 19.9 Å². The Bertz CT molecular complexity index is 856. The largest absolute Gasteiger partial charge is 0.493 e. The number of aromatic nitrogens is 1. The molecule has 0 amide bonds. The second-order valence-corrected chi connectivity index (χ2v) is 7.12. The summed E-state index contributed by atoms with van der Waals surface area (Å²) in [5.41, 5.74) is 1.26. The van der Waals surface area contributed by atoms with E-state index in [1.165, 1.54) is 6.42 Å². The maximum Gasteiger partial charge on any atom is 0.235 e. The summed E-state index contributed by atoms with van der Waals surface area (Å²) in [5, 5.41) is 9.45. The minimum atomic E-state index is 0.336. The molecule has 0 spiro atoms. The minimum absolute atomic E-state index is 0.336. The first kappa shape index (κ1) is 18.8. The van der Waals surface area contributed by atoms with E-state index in [0.29, 0.717) is 40.8 Å². The second-order valence-electron chi connectivity index (χ2n) is 7.12. The van der Waals surface area contributed by atoms with Crippen molar-refractivity contribution in [1.29, 1.82) is 5.26 Å². The van der Waals surface area contributed by atoms with E-state index >= 15 is 0 Å². The molecule has 1 fully saturated rings. The maximum atomic E-state index is 9.45. The van der Waals surface area contributed by atoms with E-state index < -0.39 is 0 Å². The van der Waals surface area contributed by atoms with Crippen LogP contribution in [0.25, 0.3) is 12.2 Å². The predicted molar refractivity (Wildman–Crippen MR) is 105 cm³/mol. The standard InChI is InChI=1S/C21H25N3O3/c1-14-9-15(2)13-24(12-14)21-17(11-22)23-20(27-21)8-6-16-5-7-18(25-3)19(10-16)26-4/h5-8,10,14-15H,9,12-13H2,1-4H3/b8-6+. The van der Waals surface area contributed by atoms with Crippen molar-refractivity contribution < 1.29 is 13.9 Å². The van der Waals surface area contributed by atoms with Crippen LogP contribution >= 0.6 is 0 Å². The Morgan fingerprint density at radius 2 is 1.85 bits per heavy atom. The van der Waals surface area contributed by atoms with Gasteiger partial charge in [-0.3, -0.25) is 0 Å². The third kappa shape index (κ3) is 4.25. The monoisotopic (exact) mass is 367 g/mol. The summed E-state index contributed by atoms with van der Waals surface area (Å²) in [6.45, 7) is 6.21. The SMILES string of the molecule is COc1ccc(/C=C/c2nc(C#N)c(N3CC(C)CC(C)C3)o2)cc1OC. The number of rotatable bonds is 5. The molecule has 3 rings (SSSR count). The van der Waals surface area contributed by atoms with Crippen molar-refractivity contribution >= 4 is 18.0 Å². The molecule has 0 bridgehead atoms. The first-order chi connectivity index (χ1) is 13.0. The number of hydrogen-bond donors (Lipinski definition) is 0. The van der Waals surface area contributed by atoms with Gasteiger partial charge in [0.15, 0.2) is 11.5 Å². The highest BCUT2D eigenvalue weighted by Gasteiger charge is 2.27. The Hall–Kier alpha value is -2.94. The number of nitrogens with zero attached hydrogens (tertiary/aromatic N) is 3. The van der Waals surface area contributed by atoms with Crippen LogP contribution in [0.2, 0.25) is 0 Å². The summed E-state index contributed by atoms with van der Waals surface area (Å²) in [7, 11) is 3.21. The lowest BCUT2D eigenvalue weighted by Gasteiger charge is -2.34. The number of anilines is 1. The Balaban J connectivity index is 1.83. The van der Waals surface area contributed by atoms with Crippen LogP contribution < -0.4 is 14.4 Å². The van der Waals surface area contributed by atoms with Crippen LogP contribution in [0.1, 0.15) is 37.4 Å². The van der Waals surface area contributed by atoms with Crippen LogP contribution in [0.5, 0.6) is 11.5 Å². The van der Waals surface area contributed by atoms with Crippen LogP contribution in [0.4, 0.5) is 5.88 Å². The van der Waals surface area contributed by atoms with Gasteiger partial charge in [-0.15, -0.1) is 0 Å². The zero-order valence-corrected chi connectivity index (χ0v) is 16.2. The molecule has 27 heavy (non-hydrogen) atoms. The van der Waals surface area contributed by atoms with Gasteiger partial charge in [0, 0.05) is 19.2 Å². The molecule has 2 atom stereocenters. The summed E-state index contributed by atoms with van der Waals surface area (Å²) >= 11 is 0. The predicted octanol–water partition coefficient (Wildman–Crippen LogP) is 4.22. The summed E-state index contributed by atoms with van der Waals surface area (Å²) < 4.78 is 16.5. The summed E-state index contributed by atoms with van der Waals surface area (Å²) in [4.78, 5) is 6.47. The number of piperidine rings is 1. The van der Waals surface area contributed by atoms with Gasteiger partial charge in [-0.25, -0.2) is 0 Å². The van der Waals surface area contributed by atoms with Crippen LogP contribution in [-0.4, -0.2) is 32.3 Å². The Kier molecular flexibility index (Phi) is 5.70. The average molecular weight is 367 g/mol. The van der Waals surface area contributed by atoms with Gasteiger partial charge in [-0.05, 0) is 42.0 Å². The number of benzene rings is 1. The lowest BCUT2D eigenvalue weighted by atomic mass is 9.92. The summed E-state index contributed by atoms with van der Waals surface area (Å²) in [6.07, 6.45) is 4.83. The molecule has 0 saturated carbocycles. The molecule has 142 valence electrons. The minimum Gasteiger partial charge on any atom is -0.493 e. The molecule has 1 aromatic heterocycles. The molecule has 1 saturated heterocycles. The number of oxazole rings is 1. The van der Waals surface area contributed by atoms with Gasteiger partial charge in [0.1, 0.15) is 6.07 Å². The number of ether oxygens (including phenoxy) is 2. The number of methoxy groups -OCH3 is 2. The first-order valence-corrected chi connectivity index (χ1v) is 9.10. The fourth-order valence-electron chi connectivity index (χ4n) is 3.64. The van der Waals surface area contributed by atoms with Gasteiger partial charge in [0.2, 0.25) is 17.5 Å². The quantitative estimate of drug-likeness (QED) is 0.788. The second kappa shape index (κ2) is 8.17. The van der Waals surface area contributed by atoms with Crippen molar-refractivity contribution in [3.63, 3.8) is 0 Å². The van der Waals surface area contributed by atoms with E-state index in [-0.39, 0.29) is 0 Å². The fourth-order valence-corrected chi connectivity index (χ4v) is 3.64. The van der Waals surface area contributed by atoms with Crippen LogP contribution in [0.3, 0.4) is 0 Å². The van der Waals surface area contributed by atoms with E-state index in [1.54, 1.807) is 20.3 Å². The molecule has 1 aliphatic heterocycles. The topological polar surface area (TPSA) is 71.5 Å². The fraction of sp³-hybridized carbons (Fsp3) is 0.429. The van der Waals surface area contributed by atoms with Gasteiger partial charge in [-0.2, -0.15) is 10.2 Å². The molecule has 2 heterocycles. The number of nitriles is 1. The Labute approximate surface area is 160 Å². The highest BCUT2D eigenvalue weighted by Crippen LogP contribution is 2.31. The molecular formula is C21H25N3O3. The highest BCUT2D eigenvalue weighted by molar-refractivity contribution is 5.69. The Morgan fingerprint density at radius 3 is 2.48 bits per heavy atom. The zero-order chi connectivity index (χ0) is 19.4. The maximum absolute atomic E-state index is 9.45. The molecule has 2 aromatic rings. The average Bonchev–Trinajstić information content (AvgIpc) is 3.08. The molecule has 0 aliphatic carbocycles. The smallest absolute Gasteiger partial charge is 0.235 e. The van der Waals surface area contributed by atoms with E-state index in [4.69, 9.17) is 13.9 Å². The normalized spacial score (nSPS) is 19.9. The third-order valence-corrected chi connectivity index (χ3v) is 4.71. The van der Waals surface area contributed by atoms with E-state index in [0.717, 1.165) is 18.7 Å². The van der Waals surface area contributed by atoms with Crippen LogP contribution in [-0.2, 0) is 0 Å². The van der Waals surface area contributed by atoms with Gasteiger partial charge < -0.3 is 18.8 Å². The van der Waals surface area contributed by atoms with E-state index in [1.807, 2.05) is 24.3 Å². The molecule has 2 unspecified atom stereocenters. The van der Waals surface area contributed by atoms with Crippen molar-refractivity contribution in [2.75, 3.05) is 32.2 Å². The number of hydrogen-bond acceptors (Lipinski definition) is 6. The van der Waals surface area contributed by atoms with Gasteiger partial charge in [0.25, 0.3) is 0 Å². The molecule has 1 aliphatic rings. The van der Waals surface area contributed by atoms with Crippen LogP contribution in [0, 0.1) is 23.2 Å². The molecule has 0 N–H and O–H groups in total. The van der Waals surface area contributed by atoms with E-state index in [9.17, 15) is 5.26 Å². The van der Waals surface area contributed by atoms with E-state index in [2.05, 4.69) is 29.8 Å². The van der Waals surface area contributed by atoms with Crippen molar-refractivity contribution in [3.05, 3.63) is 35.3 Å². The van der Waals surface area contributed by atoms with Crippen molar-refractivity contribution in [3.8, 4) is 17.6 Å². The van der Waals surface area contributed by atoms with Crippen molar-refractivity contribution in [2.45, 2.75) is 20.3 Å². The summed E-state index contributed by atoms with van der Waals surface area (Å²) in [6, 6.07) is 7.79. The lowest BCUT2D eigenvalue weighted by Crippen LogP contribution is -2.38. The third-order valence-electron chi connectivity index (χ3n) is 4.71. The molecule has 0 radical (unpaired) electrons. The summed E-state index contributed by atoms with van der Waals surface area (Å²) in [5.74, 6) is 3.45. The highest BCUT2D eigenvalue weighted by atomic mass is 16.5. The molecular weight excluding hydrogens is 342 g/mol. The molecule has 1 aromatic carbocycles. The first-order valence-electron chi connectivity index (χ1n) is 9.10. The molecule has 6 nitrogen and oxygen atoms in total. The van der Waals surface area contributed by atoms with Crippen molar-refractivity contribution in [1.82, 2.24) is 4.98 Å². The van der Waals surface area contributed by atoms with Crippen molar-refractivity contribution in [2.24, 2.45) is 11.8 Å². The lowest BCUT2D eigenvalue weighted by molar-refractivity contribution is 0.342. The Morgan fingerprint density at radius 1 is 1.15 bits per heavy atom.